The van der Waals surface area contributed by atoms with E-state index in [4.69, 9.17) is 14.2 Å². The maximum absolute atomic E-state index is 12.6. The van der Waals surface area contributed by atoms with E-state index in [2.05, 4.69) is 5.32 Å². The first-order valence-corrected chi connectivity index (χ1v) is 8.99. The third-order valence-corrected chi connectivity index (χ3v) is 4.75. The number of esters is 1. The highest BCUT2D eigenvalue weighted by atomic mass is 16.6. The molecule has 0 saturated carbocycles. The number of benzene rings is 1. The van der Waals surface area contributed by atoms with E-state index >= 15 is 0 Å². The molecule has 146 valence electrons. The van der Waals surface area contributed by atoms with Crippen molar-refractivity contribution in [1.82, 2.24) is 5.32 Å². The third-order valence-electron chi connectivity index (χ3n) is 4.75. The van der Waals surface area contributed by atoms with Gasteiger partial charge in [0.25, 0.3) is 0 Å². The number of carbonyl (C=O) groups excluding carboxylic acids is 3. The first-order valence-electron chi connectivity index (χ1n) is 8.99. The van der Waals surface area contributed by atoms with E-state index in [1.54, 1.807) is 23.1 Å². The van der Waals surface area contributed by atoms with Gasteiger partial charge >= 0.3 is 5.97 Å². The molecular formula is C19H24N2O6. The molecule has 1 aromatic rings. The number of nitrogens with zero attached hydrogens (tertiary/aromatic N) is 1. The first-order chi connectivity index (χ1) is 12.9. The van der Waals surface area contributed by atoms with E-state index < -0.39 is 17.9 Å². The Morgan fingerprint density at radius 1 is 1.22 bits per heavy atom. The van der Waals surface area contributed by atoms with Gasteiger partial charge in [0.05, 0.1) is 13.0 Å². The van der Waals surface area contributed by atoms with Crippen LogP contribution in [-0.4, -0.2) is 50.7 Å². The van der Waals surface area contributed by atoms with Crippen LogP contribution in [0.4, 0.5) is 5.69 Å². The standard InChI is InChI=1S/C19H24N2O6/c1-11(2)17(19(24)25-3)20-18(23)12-8-16(22)21(10-12)13-4-5-14-15(9-13)27-7-6-26-14/h4-5,9,11-12,17H,6-8,10H2,1-3H3,(H,20,23)/t12-,17-/m0/s1. The molecule has 1 N–H and O–H groups in total. The molecule has 1 fully saturated rings. The van der Waals surface area contributed by atoms with Crippen LogP contribution in [0.5, 0.6) is 11.5 Å². The molecule has 8 nitrogen and oxygen atoms in total. The van der Waals surface area contributed by atoms with Crippen molar-refractivity contribution >= 4 is 23.5 Å². The summed E-state index contributed by atoms with van der Waals surface area (Å²) in [6.07, 6.45) is 0.0895. The molecule has 0 unspecified atom stereocenters. The number of amides is 2. The van der Waals surface area contributed by atoms with Crippen LogP contribution < -0.4 is 19.7 Å². The zero-order valence-electron chi connectivity index (χ0n) is 15.7. The molecule has 2 aliphatic heterocycles. The van der Waals surface area contributed by atoms with E-state index in [1.165, 1.54) is 7.11 Å². The van der Waals surface area contributed by atoms with E-state index in [9.17, 15) is 14.4 Å². The van der Waals surface area contributed by atoms with Crippen LogP contribution in [0.15, 0.2) is 18.2 Å². The zero-order chi connectivity index (χ0) is 19.6. The van der Waals surface area contributed by atoms with Gasteiger partial charge < -0.3 is 24.4 Å². The topological polar surface area (TPSA) is 94.2 Å². The predicted octanol–water partition coefficient (Wildman–Crippen LogP) is 1.12. The van der Waals surface area contributed by atoms with Crippen LogP contribution in [0.25, 0.3) is 0 Å². The van der Waals surface area contributed by atoms with Gasteiger partial charge in [-0.2, -0.15) is 0 Å². The Kier molecular flexibility index (Phi) is 5.53. The van der Waals surface area contributed by atoms with Crippen LogP contribution in [0.3, 0.4) is 0 Å². The van der Waals surface area contributed by atoms with Gasteiger partial charge in [-0.15, -0.1) is 0 Å². The minimum Gasteiger partial charge on any atom is -0.486 e. The second kappa shape index (κ2) is 7.85. The van der Waals surface area contributed by atoms with Crippen LogP contribution in [-0.2, 0) is 19.1 Å². The lowest BCUT2D eigenvalue weighted by Gasteiger charge is -2.23. The maximum Gasteiger partial charge on any atom is 0.328 e. The Bertz CT molecular complexity index is 748. The number of anilines is 1. The van der Waals surface area contributed by atoms with E-state index in [0.717, 1.165) is 0 Å². The lowest BCUT2D eigenvalue weighted by molar-refractivity contribution is -0.146. The smallest absolute Gasteiger partial charge is 0.328 e. The summed E-state index contributed by atoms with van der Waals surface area (Å²) < 4.78 is 15.8. The number of carbonyl (C=O) groups is 3. The van der Waals surface area contributed by atoms with Gasteiger partial charge in [-0.3, -0.25) is 9.59 Å². The molecule has 3 rings (SSSR count). The molecule has 27 heavy (non-hydrogen) atoms. The third kappa shape index (κ3) is 3.99. The number of rotatable bonds is 5. The number of ether oxygens (including phenoxy) is 3. The molecule has 0 spiro atoms. The maximum atomic E-state index is 12.6. The van der Waals surface area contributed by atoms with Crippen molar-refractivity contribution in [2.24, 2.45) is 11.8 Å². The molecule has 2 heterocycles. The average molecular weight is 376 g/mol. The van der Waals surface area contributed by atoms with E-state index in [1.807, 2.05) is 13.8 Å². The van der Waals surface area contributed by atoms with Crippen LogP contribution in [0, 0.1) is 11.8 Å². The number of methoxy groups -OCH3 is 1. The van der Waals surface area contributed by atoms with Gasteiger partial charge in [0, 0.05) is 24.7 Å². The average Bonchev–Trinajstić information content (AvgIpc) is 3.06. The fourth-order valence-corrected chi connectivity index (χ4v) is 3.23. The fourth-order valence-electron chi connectivity index (χ4n) is 3.23. The second-order valence-corrected chi connectivity index (χ2v) is 6.99. The summed E-state index contributed by atoms with van der Waals surface area (Å²) >= 11 is 0. The Hall–Kier alpha value is -2.77. The Labute approximate surface area is 157 Å². The molecule has 8 heteroatoms. The number of hydrogen-bond donors (Lipinski definition) is 1. The van der Waals surface area contributed by atoms with Gasteiger partial charge in [-0.1, -0.05) is 13.8 Å². The summed E-state index contributed by atoms with van der Waals surface area (Å²) in [6.45, 7) is 4.84. The summed E-state index contributed by atoms with van der Waals surface area (Å²) in [7, 11) is 1.28. The molecule has 0 aliphatic carbocycles. The van der Waals surface area contributed by atoms with Crippen LogP contribution in [0.1, 0.15) is 20.3 Å². The molecule has 0 bridgehead atoms. The van der Waals surface area contributed by atoms with Crippen molar-refractivity contribution in [3.8, 4) is 11.5 Å². The molecule has 2 atom stereocenters. The number of nitrogens with one attached hydrogen (secondary N) is 1. The van der Waals surface area contributed by atoms with Crippen molar-refractivity contribution in [2.75, 3.05) is 31.8 Å². The quantitative estimate of drug-likeness (QED) is 0.774. The monoisotopic (exact) mass is 376 g/mol. The van der Waals surface area contributed by atoms with Crippen molar-refractivity contribution in [1.29, 1.82) is 0 Å². The minimum atomic E-state index is -0.735. The van der Waals surface area contributed by atoms with Crippen molar-refractivity contribution < 1.29 is 28.6 Å². The van der Waals surface area contributed by atoms with E-state index in [-0.39, 0.29) is 30.7 Å². The van der Waals surface area contributed by atoms with Gasteiger partial charge in [0.1, 0.15) is 19.3 Å². The van der Waals surface area contributed by atoms with Gasteiger partial charge in [0.15, 0.2) is 11.5 Å². The van der Waals surface area contributed by atoms with Crippen molar-refractivity contribution in [2.45, 2.75) is 26.3 Å². The first kappa shape index (κ1) is 19.0. The molecule has 0 aromatic heterocycles. The summed E-state index contributed by atoms with van der Waals surface area (Å²) in [5.74, 6) is -0.386. The van der Waals surface area contributed by atoms with Gasteiger partial charge in [-0.05, 0) is 18.1 Å². The van der Waals surface area contributed by atoms with Crippen LogP contribution in [0.2, 0.25) is 0 Å². The lowest BCUT2D eigenvalue weighted by Crippen LogP contribution is -2.47. The Morgan fingerprint density at radius 3 is 2.59 bits per heavy atom. The summed E-state index contributed by atoms with van der Waals surface area (Å²) in [5.41, 5.74) is 0.660. The SMILES string of the molecule is COC(=O)[C@@H](NC(=O)[C@H]1CC(=O)N(c2ccc3c(c2)OCCO3)C1)C(C)C. The van der Waals surface area contributed by atoms with E-state index in [0.29, 0.717) is 30.4 Å². The molecule has 2 amide bonds. The Morgan fingerprint density at radius 2 is 1.93 bits per heavy atom. The molecule has 2 aliphatic rings. The highest BCUT2D eigenvalue weighted by Crippen LogP contribution is 2.36. The normalized spacial score (nSPS) is 19.8. The minimum absolute atomic E-state index is 0.0895. The molecular weight excluding hydrogens is 352 g/mol. The van der Waals surface area contributed by atoms with Gasteiger partial charge in [0.2, 0.25) is 11.8 Å². The lowest BCUT2D eigenvalue weighted by atomic mass is 10.0. The van der Waals surface area contributed by atoms with Crippen molar-refractivity contribution in [3.05, 3.63) is 18.2 Å². The fraction of sp³-hybridized carbons (Fsp3) is 0.526. The number of hydrogen-bond acceptors (Lipinski definition) is 6. The van der Waals surface area contributed by atoms with Gasteiger partial charge in [-0.25, -0.2) is 4.79 Å². The number of fused-ring (bicyclic) bond motifs is 1. The molecule has 1 aromatic carbocycles. The largest absolute Gasteiger partial charge is 0.486 e. The molecule has 1 saturated heterocycles. The highest BCUT2D eigenvalue weighted by molar-refractivity contribution is 6.01. The predicted molar refractivity (Wildman–Crippen MR) is 96.7 cm³/mol. The second-order valence-electron chi connectivity index (χ2n) is 6.99. The van der Waals surface area contributed by atoms with Crippen LogP contribution >= 0.6 is 0 Å². The molecule has 0 radical (unpaired) electrons. The highest BCUT2D eigenvalue weighted by Gasteiger charge is 2.37. The zero-order valence-corrected chi connectivity index (χ0v) is 15.7. The summed E-state index contributed by atoms with van der Waals surface area (Å²) in [6, 6.07) is 4.55. The summed E-state index contributed by atoms with van der Waals surface area (Å²) in [5, 5.41) is 2.71. The Balaban J connectivity index is 1.69. The summed E-state index contributed by atoms with van der Waals surface area (Å²) in [4.78, 5) is 38.5. The van der Waals surface area contributed by atoms with Crippen molar-refractivity contribution in [3.63, 3.8) is 0 Å².